The summed E-state index contributed by atoms with van der Waals surface area (Å²) >= 11 is 5.24. The molecule has 1 amide bonds. The zero-order valence-corrected chi connectivity index (χ0v) is 19.8. The second-order valence-corrected chi connectivity index (χ2v) is 9.83. The Bertz CT molecular complexity index is 1240. The van der Waals surface area contributed by atoms with E-state index >= 15 is 0 Å². The lowest BCUT2D eigenvalue weighted by molar-refractivity contribution is 0.0746. The van der Waals surface area contributed by atoms with Crippen LogP contribution in [0.2, 0.25) is 0 Å². The fraction of sp³-hybridized carbons (Fsp3) is 0.154. The SMILES string of the molecule is O=C(c1ccc(Sc2ccc3cc(Br)ccc3c2)cc1)N1CCN(c2ccncc2)CC1. The maximum atomic E-state index is 13.0. The molecular weight excluding hydrogens is 482 g/mol. The third kappa shape index (κ3) is 4.66. The third-order valence-corrected chi connectivity index (χ3v) is 7.20. The van der Waals surface area contributed by atoms with E-state index in [1.807, 2.05) is 53.7 Å². The minimum atomic E-state index is 0.104. The molecule has 32 heavy (non-hydrogen) atoms. The van der Waals surface area contributed by atoms with E-state index in [-0.39, 0.29) is 5.91 Å². The second kappa shape index (κ2) is 9.35. The third-order valence-electron chi connectivity index (χ3n) is 5.71. The van der Waals surface area contributed by atoms with Crippen LogP contribution in [0.4, 0.5) is 5.69 Å². The summed E-state index contributed by atoms with van der Waals surface area (Å²) in [7, 11) is 0. The smallest absolute Gasteiger partial charge is 0.253 e. The van der Waals surface area contributed by atoms with Gasteiger partial charge in [0.05, 0.1) is 0 Å². The topological polar surface area (TPSA) is 36.4 Å². The van der Waals surface area contributed by atoms with Gasteiger partial charge in [-0.25, -0.2) is 0 Å². The minimum absolute atomic E-state index is 0.104. The molecule has 0 saturated carbocycles. The Balaban J connectivity index is 1.22. The van der Waals surface area contributed by atoms with Gasteiger partial charge >= 0.3 is 0 Å². The summed E-state index contributed by atoms with van der Waals surface area (Å²) in [5.74, 6) is 0.104. The number of carbonyl (C=O) groups excluding carboxylic acids is 1. The van der Waals surface area contributed by atoms with Gasteiger partial charge in [0, 0.05) is 64.1 Å². The van der Waals surface area contributed by atoms with Crippen LogP contribution in [0.25, 0.3) is 10.8 Å². The van der Waals surface area contributed by atoms with E-state index in [1.165, 1.54) is 15.7 Å². The minimum Gasteiger partial charge on any atom is -0.368 e. The Morgan fingerprint density at radius 1 is 0.781 bits per heavy atom. The molecule has 3 aromatic carbocycles. The van der Waals surface area contributed by atoms with Crippen LogP contribution in [0.15, 0.2) is 99.5 Å². The molecule has 0 unspecified atom stereocenters. The molecule has 4 nitrogen and oxygen atoms in total. The predicted octanol–water partition coefficient (Wildman–Crippen LogP) is 6.11. The van der Waals surface area contributed by atoms with Gasteiger partial charge in [0.15, 0.2) is 0 Å². The van der Waals surface area contributed by atoms with Gasteiger partial charge in [0.2, 0.25) is 0 Å². The van der Waals surface area contributed by atoms with Crippen LogP contribution in [0.5, 0.6) is 0 Å². The van der Waals surface area contributed by atoms with Crippen molar-refractivity contribution < 1.29 is 4.79 Å². The van der Waals surface area contributed by atoms with E-state index in [1.54, 1.807) is 11.8 Å². The van der Waals surface area contributed by atoms with Crippen LogP contribution in [0.3, 0.4) is 0 Å². The summed E-state index contributed by atoms with van der Waals surface area (Å²) in [5.41, 5.74) is 1.91. The van der Waals surface area contributed by atoms with Crippen LogP contribution in [-0.4, -0.2) is 42.0 Å². The Kier molecular flexibility index (Phi) is 6.14. The summed E-state index contributed by atoms with van der Waals surface area (Å²) in [5, 5.41) is 2.43. The van der Waals surface area contributed by atoms with Gasteiger partial charge < -0.3 is 9.80 Å². The zero-order chi connectivity index (χ0) is 21.9. The molecule has 0 N–H and O–H groups in total. The highest BCUT2D eigenvalue weighted by Crippen LogP contribution is 2.31. The molecule has 5 rings (SSSR count). The number of hydrogen-bond donors (Lipinski definition) is 0. The van der Waals surface area contributed by atoms with Gasteiger partial charge in [-0.2, -0.15) is 0 Å². The Hall–Kier alpha value is -2.83. The number of rotatable bonds is 4. The van der Waals surface area contributed by atoms with Crippen molar-refractivity contribution in [3.05, 3.63) is 95.2 Å². The van der Waals surface area contributed by atoms with E-state index in [0.717, 1.165) is 46.8 Å². The van der Waals surface area contributed by atoms with Crippen LogP contribution in [-0.2, 0) is 0 Å². The molecule has 1 aliphatic rings. The number of piperazine rings is 1. The maximum absolute atomic E-state index is 13.0. The van der Waals surface area contributed by atoms with Gasteiger partial charge in [-0.05, 0) is 71.4 Å². The number of nitrogens with zero attached hydrogens (tertiary/aromatic N) is 3. The molecule has 1 fully saturated rings. The van der Waals surface area contributed by atoms with E-state index in [0.29, 0.717) is 0 Å². The molecule has 6 heteroatoms. The lowest BCUT2D eigenvalue weighted by Crippen LogP contribution is -2.48. The molecule has 160 valence electrons. The maximum Gasteiger partial charge on any atom is 0.253 e. The van der Waals surface area contributed by atoms with Crippen molar-refractivity contribution in [2.24, 2.45) is 0 Å². The molecule has 1 aromatic heterocycles. The summed E-state index contributed by atoms with van der Waals surface area (Å²) < 4.78 is 1.09. The van der Waals surface area contributed by atoms with Gasteiger partial charge in [-0.3, -0.25) is 9.78 Å². The summed E-state index contributed by atoms with van der Waals surface area (Å²) in [6.07, 6.45) is 3.62. The summed E-state index contributed by atoms with van der Waals surface area (Å²) in [6, 6.07) is 24.8. The summed E-state index contributed by atoms with van der Waals surface area (Å²) in [4.78, 5) is 23.6. The molecule has 0 atom stereocenters. The largest absolute Gasteiger partial charge is 0.368 e. The highest BCUT2D eigenvalue weighted by Gasteiger charge is 2.22. The Labute approximate surface area is 200 Å². The van der Waals surface area contributed by atoms with Crippen molar-refractivity contribution in [3.63, 3.8) is 0 Å². The normalized spacial score (nSPS) is 14.0. The van der Waals surface area contributed by atoms with Crippen LogP contribution in [0, 0.1) is 0 Å². The second-order valence-electron chi connectivity index (χ2n) is 7.76. The van der Waals surface area contributed by atoms with Gasteiger partial charge in [-0.1, -0.05) is 39.8 Å². The molecule has 0 aliphatic carbocycles. The number of carbonyl (C=O) groups is 1. The van der Waals surface area contributed by atoms with Gasteiger partial charge in [-0.15, -0.1) is 0 Å². The first kappa shape index (κ1) is 21.0. The number of pyridine rings is 1. The molecule has 0 spiro atoms. The van der Waals surface area contributed by atoms with E-state index in [2.05, 4.69) is 62.2 Å². The van der Waals surface area contributed by atoms with Crippen LogP contribution in [0.1, 0.15) is 10.4 Å². The average molecular weight is 504 g/mol. The quantitative estimate of drug-likeness (QED) is 0.336. The number of benzene rings is 3. The molecule has 2 heterocycles. The highest BCUT2D eigenvalue weighted by atomic mass is 79.9. The standard InChI is InChI=1S/C26H22BrN3OS/c27-22-5-1-21-18-25(8-4-20(21)17-22)32-24-6-2-19(3-7-24)26(31)30-15-13-29(14-16-30)23-9-11-28-12-10-23/h1-12,17-18H,13-16H2. The molecule has 4 aromatic rings. The fourth-order valence-electron chi connectivity index (χ4n) is 3.96. The molecule has 1 saturated heterocycles. The fourth-order valence-corrected chi connectivity index (χ4v) is 5.21. The number of halogens is 1. The monoisotopic (exact) mass is 503 g/mol. The summed E-state index contributed by atoms with van der Waals surface area (Å²) in [6.45, 7) is 3.13. The van der Waals surface area contributed by atoms with Crippen molar-refractivity contribution in [3.8, 4) is 0 Å². The van der Waals surface area contributed by atoms with Crippen LogP contribution < -0.4 is 4.90 Å². The van der Waals surface area contributed by atoms with Gasteiger partial charge in [0.1, 0.15) is 0 Å². The molecular formula is C26H22BrN3OS. The molecule has 0 radical (unpaired) electrons. The molecule has 0 bridgehead atoms. The number of hydrogen-bond acceptors (Lipinski definition) is 4. The first-order valence-corrected chi connectivity index (χ1v) is 12.2. The van der Waals surface area contributed by atoms with Crippen molar-refractivity contribution in [1.82, 2.24) is 9.88 Å². The zero-order valence-electron chi connectivity index (χ0n) is 17.4. The highest BCUT2D eigenvalue weighted by molar-refractivity contribution is 9.10. The lowest BCUT2D eigenvalue weighted by Gasteiger charge is -2.36. The first-order valence-electron chi connectivity index (χ1n) is 10.6. The van der Waals surface area contributed by atoms with Crippen molar-refractivity contribution >= 4 is 50.1 Å². The van der Waals surface area contributed by atoms with Crippen molar-refractivity contribution in [1.29, 1.82) is 0 Å². The Morgan fingerprint density at radius 3 is 2.19 bits per heavy atom. The van der Waals surface area contributed by atoms with E-state index in [9.17, 15) is 4.79 Å². The number of aromatic nitrogens is 1. The predicted molar refractivity (Wildman–Crippen MR) is 135 cm³/mol. The van der Waals surface area contributed by atoms with E-state index < -0.39 is 0 Å². The van der Waals surface area contributed by atoms with E-state index in [4.69, 9.17) is 0 Å². The number of anilines is 1. The van der Waals surface area contributed by atoms with Crippen LogP contribution >= 0.6 is 27.7 Å². The number of fused-ring (bicyclic) bond motifs is 1. The van der Waals surface area contributed by atoms with Crippen molar-refractivity contribution in [2.75, 3.05) is 31.1 Å². The number of amides is 1. The average Bonchev–Trinajstić information content (AvgIpc) is 2.85. The molecule has 1 aliphatic heterocycles. The lowest BCUT2D eigenvalue weighted by atomic mass is 10.1. The van der Waals surface area contributed by atoms with Gasteiger partial charge in [0.25, 0.3) is 5.91 Å². The van der Waals surface area contributed by atoms with Crippen molar-refractivity contribution in [2.45, 2.75) is 9.79 Å². The Morgan fingerprint density at radius 2 is 1.44 bits per heavy atom. The first-order chi connectivity index (χ1) is 15.7.